The first kappa shape index (κ1) is 19.4. The number of nitrogens with one attached hydrogen (secondary N) is 1. The normalized spacial score (nSPS) is 11.4. The van der Waals surface area contributed by atoms with Crippen LogP contribution < -0.4 is 9.46 Å². The predicted molar refractivity (Wildman–Crippen MR) is 101 cm³/mol. The molecule has 146 valence electrons. The Bertz CT molecular complexity index is 1210. The van der Waals surface area contributed by atoms with Gasteiger partial charge in [-0.15, -0.1) is 0 Å². The van der Waals surface area contributed by atoms with Crippen LogP contribution in [-0.4, -0.2) is 26.2 Å². The molecule has 10 heteroatoms. The van der Waals surface area contributed by atoms with Crippen molar-refractivity contribution in [2.75, 3.05) is 11.8 Å². The molecular formula is C18H16N2O7S. The standard InChI is InChI=1S/C18H16N2O7S/c1-10(21)18-11(2)27-16-6-4-12(8-14(16)18)19-28(24,25)13-5-7-17(26-3)15(9-13)20(22)23/h4-9,19H,1-3H3. The Balaban J connectivity index is 2.03. The molecule has 0 atom stereocenters. The van der Waals surface area contributed by atoms with Crippen molar-refractivity contribution in [1.29, 1.82) is 0 Å². The van der Waals surface area contributed by atoms with Gasteiger partial charge in [0.05, 0.1) is 22.5 Å². The van der Waals surface area contributed by atoms with E-state index in [1.807, 2.05) is 0 Å². The Morgan fingerprint density at radius 3 is 2.54 bits per heavy atom. The van der Waals surface area contributed by atoms with Crippen molar-refractivity contribution in [3.8, 4) is 5.75 Å². The molecule has 1 aromatic heterocycles. The number of furan rings is 1. The zero-order chi connectivity index (χ0) is 20.6. The first-order valence-corrected chi connectivity index (χ1v) is 9.51. The van der Waals surface area contributed by atoms with E-state index in [1.165, 1.54) is 38.3 Å². The molecule has 0 aliphatic heterocycles. The lowest BCUT2D eigenvalue weighted by Crippen LogP contribution is -2.13. The van der Waals surface area contributed by atoms with E-state index < -0.39 is 20.6 Å². The summed E-state index contributed by atoms with van der Waals surface area (Å²) in [5.74, 6) is 0.181. The third-order valence-electron chi connectivity index (χ3n) is 4.13. The maximum absolute atomic E-state index is 12.7. The number of methoxy groups -OCH3 is 1. The first-order valence-electron chi connectivity index (χ1n) is 8.03. The number of sulfonamides is 1. The summed E-state index contributed by atoms with van der Waals surface area (Å²) in [6.45, 7) is 3.04. The number of nitro benzene ring substituents is 1. The maximum atomic E-state index is 12.7. The highest BCUT2D eigenvalue weighted by Crippen LogP contribution is 2.32. The highest BCUT2D eigenvalue weighted by molar-refractivity contribution is 7.92. The van der Waals surface area contributed by atoms with Crippen LogP contribution in [0.5, 0.6) is 5.75 Å². The summed E-state index contributed by atoms with van der Waals surface area (Å²) < 4.78 is 38.1. The van der Waals surface area contributed by atoms with Crippen molar-refractivity contribution in [2.24, 2.45) is 0 Å². The van der Waals surface area contributed by atoms with Crippen LogP contribution in [0.15, 0.2) is 45.7 Å². The lowest BCUT2D eigenvalue weighted by molar-refractivity contribution is -0.386. The second-order valence-electron chi connectivity index (χ2n) is 6.00. The molecule has 0 saturated heterocycles. The molecule has 9 nitrogen and oxygen atoms in total. The second kappa shape index (κ2) is 6.97. The third kappa shape index (κ3) is 3.41. The van der Waals surface area contributed by atoms with E-state index in [0.29, 0.717) is 22.3 Å². The van der Waals surface area contributed by atoms with E-state index >= 15 is 0 Å². The van der Waals surface area contributed by atoms with Gasteiger partial charge in [0.25, 0.3) is 10.0 Å². The first-order chi connectivity index (χ1) is 13.1. The molecule has 0 spiro atoms. The number of fused-ring (bicyclic) bond motifs is 1. The number of carbonyl (C=O) groups excluding carboxylic acids is 1. The topological polar surface area (TPSA) is 129 Å². The van der Waals surface area contributed by atoms with Crippen molar-refractivity contribution in [3.05, 3.63) is 57.8 Å². The fourth-order valence-electron chi connectivity index (χ4n) is 2.91. The van der Waals surface area contributed by atoms with Crippen LogP contribution in [0.25, 0.3) is 11.0 Å². The number of nitrogens with zero attached hydrogens (tertiary/aromatic N) is 1. The van der Waals surface area contributed by atoms with Gasteiger partial charge >= 0.3 is 5.69 Å². The van der Waals surface area contributed by atoms with Crippen LogP contribution in [0.1, 0.15) is 23.0 Å². The average molecular weight is 404 g/mol. The number of Topliss-reactive ketones (excluding diaryl/α,β-unsaturated/α-hetero) is 1. The number of ketones is 1. The fourth-order valence-corrected chi connectivity index (χ4v) is 3.98. The Labute approximate surface area is 160 Å². The van der Waals surface area contributed by atoms with E-state index in [9.17, 15) is 23.3 Å². The zero-order valence-corrected chi connectivity index (χ0v) is 16.0. The smallest absolute Gasteiger partial charge is 0.312 e. The van der Waals surface area contributed by atoms with Crippen molar-refractivity contribution in [3.63, 3.8) is 0 Å². The number of hydrogen-bond donors (Lipinski definition) is 1. The predicted octanol–water partition coefficient (Wildman–Crippen LogP) is 3.66. The molecule has 0 amide bonds. The van der Waals surface area contributed by atoms with Crippen LogP contribution in [-0.2, 0) is 10.0 Å². The van der Waals surface area contributed by atoms with Gasteiger partial charge in [0, 0.05) is 17.1 Å². The van der Waals surface area contributed by atoms with E-state index in [1.54, 1.807) is 13.0 Å². The highest BCUT2D eigenvalue weighted by Gasteiger charge is 2.23. The number of ether oxygens (including phenoxy) is 1. The SMILES string of the molecule is COc1ccc(S(=O)(=O)Nc2ccc3oc(C)c(C(C)=O)c3c2)cc1[N+](=O)[O-]. The summed E-state index contributed by atoms with van der Waals surface area (Å²) in [5.41, 5.74) is 0.543. The van der Waals surface area contributed by atoms with Crippen LogP contribution in [0.4, 0.5) is 11.4 Å². The average Bonchev–Trinajstić information content (AvgIpc) is 2.95. The second-order valence-corrected chi connectivity index (χ2v) is 7.68. The molecule has 0 fully saturated rings. The molecular weight excluding hydrogens is 388 g/mol. The Morgan fingerprint density at radius 2 is 1.93 bits per heavy atom. The van der Waals surface area contributed by atoms with Gasteiger partial charge in [0.2, 0.25) is 0 Å². The quantitative estimate of drug-likeness (QED) is 0.377. The van der Waals surface area contributed by atoms with E-state index in [4.69, 9.17) is 9.15 Å². The van der Waals surface area contributed by atoms with Gasteiger partial charge < -0.3 is 9.15 Å². The molecule has 0 bridgehead atoms. The van der Waals surface area contributed by atoms with E-state index in [2.05, 4.69) is 4.72 Å². The highest BCUT2D eigenvalue weighted by atomic mass is 32.2. The monoisotopic (exact) mass is 404 g/mol. The van der Waals surface area contributed by atoms with Gasteiger partial charge in [-0.05, 0) is 44.2 Å². The van der Waals surface area contributed by atoms with Gasteiger partial charge in [-0.3, -0.25) is 19.6 Å². The van der Waals surface area contributed by atoms with Gasteiger partial charge in [0.15, 0.2) is 11.5 Å². The molecule has 2 aromatic carbocycles. The number of anilines is 1. The Kier molecular flexibility index (Phi) is 4.82. The number of nitro groups is 1. The minimum Gasteiger partial charge on any atom is -0.490 e. The largest absolute Gasteiger partial charge is 0.490 e. The Hall–Kier alpha value is -3.40. The van der Waals surface area contributed by atoms with Gasteiger partial charge in [0.1, 0.15) is 11.3 Å². The van der Waals surface area contributed by atoms with Crippen molar-refractivity contribution in [2.45, 2.75) is 18.7 Å². The fraction of sp³-hybridized carbons (Fsp3) is 0.167. The molecule has 3 rings (SSSR count). The van der Waals surface area contributed by atoms with Crippen LogP contribution in [0, 0.1) is 17.0 Å². The summed E-state index contributed by atoms with van der Waals surface area (Å²) in [6.07, 6.45) is 0. The van der Waals surface area contributed by atoms with Gasteiger partial charge in [-0.1, -0.05) is 0 Å². The van der Waals surface area contributed by atoms with Gasteiger partial charge in [-0.25, -0.2) is 8.42 Å². The van der Waals surface area contributed by atoms with Crippen LogP contribution in [0.3, 0.4) is 0 Å². The molecule has 3 aromatic rings. The summed E-state index contributed by atoms with van der Waals surface area (Å²) in [4.78, 5) is 22.0. The van der Waals surface area contributed by atoms with E-state index in [-0.39, 0.29) is 22.1 Å². The number of carbonyl (C=O) groups is 1. The van der Waals surface area contributed by atoms with Crippen molar-refractivity contribution >= 4 is 38.2 Å². The lowest BCUT2D eigenvalue weighted by Gasteiger charge is -2.09. The number of benzene rings is 2. The molecule has 0 aliphatic rings. The van der Waals surface area contributed by atoms with E-state index in [0.717, 1.165) is 6.07 Å². The zero-order valence-electron chi connectivity index (χ0n) is 15.2. The van der Waals surface area contributed by atoms with Crippen molar-refractivity contribution in [1.82, 2.24) is 0 Å². The molecule has 0 unspecified atom stereocenters. The molecule has 0 radical (unpaired) electrons. The van der Waals surface area contributed by atoms with Crippen LogP contribution in [0.2, 0.25) is 0 Å². The Morgan fingerprint density at radius 1 is 1.21 bits per heavy atom. The summed E-state index contributed by atoms with van der Waals surface area (Å²) in [5, 5.41) is 11.6. The minimum absolute atomic E-state index is 0.0506. The number of aryl methyl sites for hydroxylation is 1. The lowest BCUT2D eigenvalue weighted by atomic mass is 10.1. The summed E-state index contributed by atoms with van der Waals surface area (Å²) in [7, 11) is -2.86. The molecule has 1 N–H and O–H groups in total. The van der Waals surface area contributed by atoms with Gasteiger partial charge in [-0.2, -0.15) is 0 Å². The molecule has 1 heterocycles. The molecule has 28 heavy (non-hydrogen) atoms. The maximum Gasteiger partial charge on any atom is 0.312 e. The summed E-state index contributed by atoms with van der Waals surface area (Å²) >= 11 is 0. The van der Waals surface area contributed by atoms with Crippen molar-refractivity contribution < 1.29 is 27.3 Å². The summed E-state index contributed by atoms with van der Waals surface area (Å²) in [6, 6.07) is 7.84. The minimum atomic E-state index is -4.11. The number of hydrogen-bond acceptors (Lipinski definition) is 7. The third-order valence-corrected chi connectivity index (χ3v) is 5.50. The number of rotatable bonds is 6. The molecule has 0 aliphatic carbocycles. The molecule has 0 saturated carbocycles. The van der Waals surface area contributed by atoms with Crippen LogP contribution >= 0.6 is 0 Å².